The van der Waals surface area contributed by atoms with E-state index in [1.807, 2.05) is 29.2 Å². The molecule has 2 aromatic carbocycles. The number of hydrogen-bond acceptors (Lipinski definition) is 2. The highest BCUT2D eigenvalue weighted by Crippen LogP contribution is 2.37. The van der Waals surface area contributed by atoms with Crippen LogP contribution in [-0.2, 0) is 4.74 Å². The summed E-state index contributed by atoms with van der Waals surface area (Å²) in [5.74, 6) is 1.30. The predicted octanol–water partition coefficient (Wildman–Crippen LogP) is 7.71. The zero-order chi connectivity index (χ0) is 24.3. The van der Waals surface area contributed by atoms with Crippen LogP contribution < -0.4 is 5.32 Å². The molecule has 184 valence electrons. The van der Waals surface area contributed by atoms with Crippen molar-refractivity contribution in [1.82, 2.24) is 10.2 Å². The van der Waals surface area contributed by atoms with Gasteiger partial charge in [-0.1, -0.05) is 89.7 Å². The smallest absolute Gasteiger partial charge is 0.318 e. The maximum Gasteiger partial charge on any atom is 0.318 e. The molecule has 1 saturated heterocycles. The molecule has 2 unspecified atom stereocenters. The van der Waals surface area contributed by atoms with Crippen molar-refractivity contribution in [1.29, 1.82) is 0 Å². The minimum Gasteiger partial charge on any atom is -0.362 e. The normalized spacial score (nSPS) is 25.6. The number of carbonyl (C=O) groups excluding carboxylic acids is 1. The maximum absolute atomic E-state index is 13.2. The number of nitrogens with one attached hydrogen (secondary N) is 1. The monoisotopic (exact) mass is 590 g/mol. The second-order valence-corrected chi connectivity index (χ2v) is 12.2. The van der Waals surface area contributed by atoms with E-state index in [4.69, 9.17) is 4.74 Å². The molecule has 1 N–H and O–H groups in total. The summed E-state index contributed by atoms with van der Waals surface area (Å²) in [7, 11) is 0. The van der Waals surface area contributed by atoms with Crippen LogP contribution in [-0.4, -0.2) is 35.7 Å². The van der Waals surface area contributed by atoms with Gasteiger partial charge in [-0.05, 0) is 66.5 Å². The number of benzene rings is 2. The lowest BCUT2D eigenvalue weighted by molar-refractivity contribution is -0.0656. The molecule has 0 bridgehead atoms. The number of ether oxygens (including phenoxy) is 1. The van der Waals surface area contributed by atoms with Gasteiger partial charge in [0.15, 0.2) is 0 Å². The Morgan fingerprint density at radius 1 is 0.971 bits per heavy atom. The number of nitrogens with zero attached hydrogens (tertiary/aromatic N) is 1. The van der Waals surface area contributed by atoms with Crippen molar-refractivity contribution in [3.63, 3.8) is 0 Å². The summed E-state index contributed by atoms with van der Waals surface area (Å²) in [5.41, 5.74) is 2.13. The number of hydrogen-bond donors (Lipinski definition) is 1. The number of likely N-dealkylation sites (tertiary alicyclic amines) is 1. The second kappa shape index (κ2) is 11.1. The Bertz CT molecular complexity index is 900. The molecule has 1 aliphatic carbocycles. The van der Waals surface area contributed by atoms with Gasteiger partial charge in [0.25, 0.3) is 0 Å². The lowest BCUT2D eigenvalue weighted by atomic mass is 9.82. The van der Waals surface area contributed by atoms with Crippen molar-refractivity contribution in [3.05, 3.63) is 68.6 Å². The molecule has 0 radical (unpaired) electrons. The highest BCUT2D eigenvalue weighted by molar-refractivity contribution is 9.10. The van der Waals surface area contributed by atoms with E-state index in [0.29, 0.717) is 24.9 Å². The first-order valence-electron chi connectivity index (χ1n) is 12.5. The van der Waals surface area contributed by atoms with E-state index < -0.39 is 0 Å². The van der Waals surface area contributed by atoms with Crippen LogP contribution in [0.1, 0.15) is 70.1 Å². The third-order valence-corrected chi connectivity index (χ3v) is 8.55. The first-order valence-corrected chi connectivity index (χ1v) is 14.1. The third-order valence-electron chi connectivity index (χ3n) is 7.49. The van der Waals surface area contributed by atoms with E-state index in [-0.39, 0.29) is 23.8 Å². The summed E-state index contributed by atoms with van der Waals surface area (Å²) in [6.07, 6.45) is 5.49. The SMILES string of the molecule is CCC1(NC(=O)N2CC(OC(c3ccc(Br)cc3)c3ccc(Br)cc3)C2)CC(C)CCC(C)C1. The van der Waals surface area contributed by atoms with Crippen LogP contribution >= 0.6 is 31.9 Å². The molecule has 0 aromatic heterocycles. The highest BCUT2D eigenvalue weighted by atomic mass is 79.9. The van der Waals surface area contributed by atoms with Crippen molar-refractivity contribution in [2.24, 2.45) is 11.8 Å². The fraction of sp³-hybridized carbons (Fsp3) is 0.536. The molecule has 2 aromatic rings. The molecule has 0 spiro atoms. The molecule has 2 amide bonds. The molecular formula is C28H36Br2N2O2. The second-order valence-electron chi connectivity index (χ2n) is 10.4. The van der Waals surface area contributed by atoms with E-state index in [1.54, 1.807) is 0 Å². The first kappa shape index (κ1) is 25.7. The lowest BCUT2D eigenvalue weighted by Crippen LogP contribution is -2.62. The summed E-state index contributed by atoms with van der Waals surface area (Å²) in [4.78, 5) is 15.1. The Morgan fingerprint density at radius 2 is 1.44 bits per heavy atom. The summed E-state index contributed by atoms with van der Waals surface area (Å²) in [5, 5.41) is 3.46. The summed E-state index contributed by atoms with van der Waals surface area (Å²) in [6.45, 7) is 8.12. The van der Waals surface area contributed by atoms with Crippen LogP contribution in [0.3, 0.4) is 0 Å². The maximum atomic E-state index is 13.2. The van der Waals surface area contributed by atoms with Gasteiger partial charge in [-0.3, -0.25) is 0 Å². The summed E-state index contributed by atoms with van der Waals surface area (Å²) in [6, 6.07) is 16.6. The number of rotatable bonds is 6. The van der Waals surface area contributed by atoms with Crippen LogP contribution in [0.2, 0.25) is 0 Å². The van der Waals surface area contributed by atoms with Crippen LogP contribution in [0.5, 0.6) is 0 Å². The Labute approximate surface area is 221 Å². The molecule has 1 saturated carbocycles. The summed E-state index contributed by atoms with van der Waals surface area (Å²) >= 11 is 7.05. The number of urea groups is 1. The Kier molecular flexibility index (Phi) is 8.42. The number of carbonyl (C=O) groups is 1. The molecule has 2 fully saturated rings. The number of amides is 2. The zero-order valence-corrected chi connectivity index (χ0v) is 23.6. The quantitative estimate of drug-likeness (QED) is 0.350. The molecule has 1 heterocycles. The average molecular weight is 592 g/mol. The Morgan fingerprint density at radius 3 is 1.88 bits per heavy atom. The molecule has 2 aliphatic rings. The van der Waals surface area contributed by atoms with Gasteiger partial charge >= 0.3 is 6.03 Å². The fourth-order valence-electron chi connectivity index (χ4n) is 5.48. The van der Waals surface area contributed by atoms with Gasteiger partial charge in [-0.25, -0.2) is 4.79 Å². The van der Waals surface area contributed by atoms with E-state index in [9.17, 15) is 4.79 Å². The van der Waals surface area contributed by atoms with Crippen molar-refractivity contribution in [3.8, 4) is 0 Å². The minimum absolute atomic E-state index is 0.0209. The molecule has 34 heavy (non-hydrogen) atoms. The molecule has 4 nitrogen and oxygen atoms in total. The predicted molar refractivity (Wildman–Crippen MR) is 145 cm³/mol. The average Bonchev–Trinajstić information content (AvgIpc) is 2.92. The first-order chi connectivity index (χ1) is 16.3. The van der Waals surface area contributed by atoms with E-state index in [1.165, 1.54) is 12.8 Å². The third kappa shape index (κ3) is 6.24. The van der Waals surface area contributed by atoms with Gasteiger partial charge in [0.05, 0.1) is 19.2 Å². The van der Waals surface area contributed by atoms with Crippen LogP contribution in [0.25, 0.3) is 0 Å². The van der Waals surface area contributed by atoms with Crippen molar-refractivity contribution in [2.75, 3.05) is 13.1 Å². The van der Waals surface area contributed by atoms with E-state index in [0.717, 1.165) is 39.3 Å². The minimum atomic E-state index is -0.165. The molecular weight excluding hydrogens is 556 g/mol. The van der Waals surface area contributed by atoms with E-state index in [2.05, 4.69) is 82.2 Å². The van der Waals surface area contributed by atoms with Crippen molar-refractivity contribution >= 4 is 37.9 Å². The largest absolute Gasteiger partial charge is 0.362 e. The number of halogens is 2. The standard InChI is InChI=1S/C28H36Br2N2O2/c1-4-28(15-19(2)5-6-20(3)16-28)31-27(33)32-17-25(18-32)34-26(21-7-11-23(29)12-8-21)22-9-13-24(30)14-10-22/h7-14,19-20,25-26H,4-6,15-18H2,1-3H3,(H,31,33). The fourth-order valence-corrected chi connectivity index (χ4v) is 6.01. The van der Waals surface area contributed by atoms with Crippen LogP contribution in [0.15, 0.2) is 57.5 Å². The summed E-state index contributed by atoms with van der Waals surface area (Å²) < 4.78 is 8.65. The Balaban J connectivity index is 1.40. The van der Waals surface area contributed by atoms with Gasteiger partial charge in [0, 0.05) is 14.5 Å². The molecule has 2 atom stereocenters. The van der Waals surface area contributed by atoms with E-state index >= 15 is 0 Å². The topological polar surface area (TPSA) is 41.6 Å². The highest BCUT2D eigenvalue weighted by Gasteiger charge is 2.40. The van der Waals surface area contributed by atoms with Crippen LogP contribution in [0.4, 0.5) is 4.79 Å². The lowest BCUT2D eigenvalue weighted by Gasteiger charge is -2.44. The van der Waals surface area contributed by atoms with Gasteiger partial charge in [0.1, 0.15) is 6.10 Å². The van der Waals surface area contributed by atoms with Crippen molar-refractivity contribution < 1.29 is 9.53 Å². The van der Waals surface area contributed by atoms with Crippen LogP contribution in [0, 0.1) is 11.8 Å². The molecule has 1 aliphatic heterocycles. The van der Waals surface area contributed by atoms with Gasteiger partial charge < -0.3 is 15.0 Å². The van der Waals surface area contributed by atoms with Gasteiger partial charge in [-0.15, -0.1) is 0 Å². The zero-order valence-electron chi connectivity index (χ0n) is 20.4. The molecule has 6 heteroatoms. The van der Waals surface area contributed by atoms with Gasteiger partial charge in [-0.2, -0.15) is 0 Å². The Hall–Kier alpha value is -1.37. The van der Waals surface area contributed by atoms with Crippen molar-refractivity contribution in [2.45, 2.75) is 70.6 Å². The van der Waals surface area contributed by atoms with Gasteiger partial charge in [0.2, 0.25) is 0 Å². The molecule has 4 rings (SSSR count).